The molecular weight excluding hydrogens is 382 g/mol. The summed E-state index contributed by atoms with van der Waals surface area (Å²) in [5, 5.41) is 2.29. The normalized spacial score (nSPS) is 11.7. The highest BCUT2D eigenvalue weighted by Gasteiger charge is 2.21. The number of hydrogen-bond acceptors (Lipinski definition) is 3. The van der Waals surface area contributed by atoms with Gasteiger partial charge in [0.1, 0.15) is 17.0 Å². The Morgan fingerprint density at radius 2 is 1.68 bits per heavy atom. The summed E-state index contributed by atoms with van der Waals surface area (Å²) in [6, 6.07) is 21.0. The number of para-hydroxylation sites is 1. The average Bonchev–Trinajstić information content (AvgIpc) is 3.34. The van der Waals surface area contributed by atoms with Gasteiger partial charge < -0.3 is 4.42 Å². The molecule has 0 fully saturated rings. The van der Waals surface area contributed by atoms with Gasteiger partial charge in [0, 0.05) is 22.7 Å². The Bertz CT molecular complexity index is 1610. The van der Waals surface area contributed by atoms with E-state index in [9.17, 15) is 0 Å². The van der Waals surface area contributed by atoms with E-state index in [4.69, 9.17) is 9.40 Å². The highest BCUT2D eigenvalue weighted by molar-refractivity contribution is 6.11. The van der Waals surface area contributed by atoms with E-state index in [-0.39, 0.29) is 0 Å². The minimum atomic E-state index is 0.859. The Hall–Kier alpha value is -3.92. The lowest BCUT2D eigenvalue weighted by molar-refractivity contribution is 0.669. The summed E-state index contributed by atoms with van der Waals surface area (Å²) >= 11 is 0. The van der Waals surface area contributed by atoms with Crippen molar-refractivity contribution < 1.29 is 4.42 Å². The molecule has 6 aromatic rings. The molecule has 150 valence electrons. The molecule has 0 aliphatic rings. The van der Waals surface area contributed by atoms with E-state index in [0.717, 1.165) is 55.6 Å². The van der Waals surface area contributed by atoms with Gasteiger partial charge in [-0.2, -0.15) is 0 Å². The summed E-state index contributed by atoms with van der Waals surface area (Å²) in [7, 11) is 0. The first-order chi connectivity index (χ1) is 15.1. The molecule has 4 nitrogen and oxygen atoms in total. The molecule has 6 rings (SSSR count). The first-order valence-corrected chi connectivity index (χ1v) is 10.4. The van der Waals surface area contributed by atoms with Crippen LogP contribution in [-0.2, 0) is 0 Å². The van der Waals surface area contributed by atoms with Crippen LogP contribution >= 0.6 is 0 Å². The third kappa shape index (κ3) is 2.61. The van der Waals surface area contributed by atoms with Crippen molar-refractivity contribution in [2.75, 3.05) is 0 Å². The standard InChI is InChI=1S/C27H21N3O/c1-16-9-11-20-23(13-16)31-26-21(12-10-17(2)24(20)26)27-29-25-18(3)14-28-15-22(25)30(27)19-7-5-4-6-8-19/h4-15H,1-3H3. The Labute approximate surface area is 179 Å². The molecule has 0 N–H and O–H groups in total. The molecular formula is C27H21N3O. The Kier molecular flexibility index (Phi) is 3.78. The molecule has 4 heteroatoms. The minimum Gasteiger partial charge on any atom is -0.455 e. The van der Waals surface area contributed by atoms with Crippen LogP contribution in [0.4, 0.5) is 0 Å². The smallest absolute Gasteiger partial charge is 0.149 e. The largest absolute Gasteiger partial charge is 0.455 e. The maximum Gasteiger partial charge on any atom is 0.149 e. The summed E-state index contributed by atoms with van der Waals surface area (Å²) < 4.78 is 8.63. The monoisotopic (exact) mass is 403 g/mol. The molecule has 0 amide bonds. The third-order valence-corrected chi connectivity index (χ3v) is 5.99. The number of benzene rings is 3. The minimum absolute atomic E-state index is 0.859. The van der Waals surface area contributed by atoms with E-state index in [0.29, 0.717) is 0 Å². The number of rotatable bonds is 2. The molecule has 0 aliphatic heterocycles. The molecule has 0 aliphatic carbocycles. The summed E-state index contributed by atoms with van der Waals surface area (Å²) in [4.78, 5) is 9.53. The van der Waals surface area contributed by atoms with E-state index < -0.39 is 0 Å². The lowest BCUT2D eigenvalue weighted by Gasteiger charge is -2.10. The number of imidazole rings is 1. The first-order valence-electron chi connectivity index (χ1n) is 10.4. The fourth-order valence-electron chi connectivity index (χ4n) is 4.47. The zero-order chi connectivity index (χ0) is 21.1. The Morgan fingerprint density at radius 1 is 0.839 bits per heavy atom. The van der Waals surface area contributed by atoms with Gasteiger partial charge in [-0.15, -0.1) is 0 Å². The third-order valence-electron chi connectivity index (χ3n) is 5.99. The van der Waals surface area contributed by atoms with Crippen LogP contribution in [0.15, 0.2) is 77.5 Å². The predicted octanol–water partition coefficient (Wildman–Crippen LogP) is 6.91. The van der Waals surface area contributed by atoms with Gasteiger partial charge in [0.2, 0.25) is 0 Å². The van der Waals surface area contributed by atoms with Crippen molar-refractivity contribution in [2.24, 2.45) is 0 Å². The van der Waals surface area contributed by atoms with E-state index in [2.05, 4.69) is 72.8 Å². The van der Waals surface area contributed by atoms with Gasteiger partial charge in [-0.25, -0.2) is 4.98 Å². The second-order valence-electron chi connectivity index (χ2n) is 8.17. The maximum absolute atomic E-state index is 6.45. The molecule has 0 saturated carbocycles. The summed E-state index contributed by atoms with van der Waals surface area (Å²) in [5.41, 5.74) is 9.19. The number of aromatic nitrogens is 3. The Balaban J connectivity index is 1.76. The van der Waals surface area contributed by atoms with Crippen LogP contribution in [0, 0.1) is 20.8 Å². The number of nitrogens with zero attached hydrogens (tertiary/aromatic N) is 3. The zero-order valence-corrected chi connectivity index (χ0v) is 17.7. The van der Waals surface area contributed by atoms with Crippen molar-refractivity contribution >= 4 is 33.0 Å². The molecule has 0 unspecified atom stereocenters. The molecule has 0 bridgehead atoms. The van der Waals surface area contributed by atoms with Crippen molar-refractivity contribution in [1.29, 1.82) is 0 Å². The SMILES string of the molecule is Cc1ccc2c(c1)oc1c(-c3nc4c(C)cncc4n3-c3ccccc3)ccc(C)c12. The lowest BCUT2D eigenvalue weighted by atomic mass is 10.0. The van der Waals surface area contributed by atoms with E-state index in [1.807, 2.05) is 30.6 Å². The van der Waals surface area contributed by atoms with Gasteiger partial charge in [0.25, 0.3) is 0 Å². The molecule has 0 spiro atoms. The van der Waals surface area contributed by atoms with Gasteiger partial charge in [0.05, 0.1) is 22.8 Å². The van der Waals surface area contributed by atoms with Crippen LogP contribution in [-0.4, -0.2) is 14.5 Å². The summed E-state index contributed by atoms with van der Waals surface area (Å²) in [6.07, 6.45) is 3.75. The van der Waals surface area contributed by atoms with Gasteiger partial charge in [0.15, 0.2) is 0 Å². The first kappa shape index (κ1) is 17.9. The van der Waals surface area contributed by atoms with Crippen molar-refractivity contribution in [1.82, 2.24) is 14.5 Å². The maximum atomic E-state index is 6.45. The number of fused-ring (bicyclic) bond motifs is 4. The number of aryl methyl sites for hydroxylation is 3. The highest BCUT2D eigenvalue weighted by Crippen LogP contribution is 2.39. The molecule has 0 atom stereocenters. The quantitative estimate of drug-likeness (QED) is 0.315. The van der Waals surface area contributed by atoms with Gasteiger partial charge in [-0.05, 0) is 61.7 Å². The fourth-order valence-corrected chi connectivity index (χ4v) is 4.47. The van der Waals surface area contributed by atoms with Crippen LogP contribution < -0.4 is 0 Å². The molecule has 3 aromatic carbocycles. The highest BCUT2D eigenvalue weighted by atomic mass is 16.3. The van der Waals surface area contributed by atoms with Crippen LogP contribution in [0.25, 0.3) is 50.0 Å². The zero-order valence-electron chi connectivity index (χ0n) is 17.7. The number of hydrogen-bond donors (Lipinski definition) is 0. The van der Waals surface area contributed by atoms with E-state index >= 15 is 0 Å². The van der Waals surface area contributed by atoms with Crippen LogP contribution in [0.3, 0.4) is 0 Å². The van der Waals surface area contributed by atoms with Crippen LogP contribution in [0.1, 0.15) is 16.7 Å². The van der Waals surface area contributed by atoms with Crippen molar-refractivity contribution in [3.8, 4) is 17.1 Å². The van der Waals surface area contributed by atoms with Crippen molar-refractivity contribution in [3.05, 3.63) is 89.7 Å². The van der Waals surface area contributed by atoms with E-state index in [1.54, 1.807) is 0 Å². The lowest BCUT2D eigenvalue weighted by Crippen LogP contribution is -1.98. The van der Waals surface area contributed by atoms with Crippen molar-refractivity contribution in [3.63, 3.8) is 0 Å². The van der Waals surface area contributed by atoms with Gasteiger partial charge in [-0.1, -0.05) is 36.4 Å². The van der Waals surface area contributed by atoms with Crippen molar-refractivity contribution in [2.45, 2.75) is 20.8 Å². The van der Waals surface area contributed by atoms with Crippen LogP contribution in [0.5, 0.6) is 0 Å². The summed E-state index contributed by atoms with van der Waals surface area (Å²) in [6.45, 7) is 6.27. The average molecular weight is 403 g/mol. The van der Waals surface area contributed by atoms with Crippen LogP contribution in [0.2, 0.25) is 0 Å². The number of pyridine rings is 1. The second-order valence-corrected chi connectivity index (χ2v) is 8.17. The molecule has 0 saturated heterocycles. The van der Waals surface area contributed by atoms with Gasteiger partial charge in [-0.3, -0.25) is 9.55 Å². The topological polar surface area (TPSA) is 43.9 Å². The van der Waals surface area contributed by atoms with E-state index in [1.165, 1.54) is 11.1 Å². The predicted molar refractivity (Wildman–Crippen MR) is 126 cm³/mol. The second kappa shape index (κ2) is 6.54. The molecule has 0 radical (unpaired) electrons. The molecule has 31 heavy (non-hydrogen) atoms. The fraction of sp³-hybridized carbons (Fsp3) is 0.111. The number of furan rings is 1. The van der Waals surface area contributed by atoms with Gasteiger partial charge >= 0.3 is 0 Å². The Morgan fingerprint density at radius 3 is 2.52 bits per heavy atom. The molecule has 3 aromatic heterocycles. The molecule has 3 heterocycles. The summed E-state index contributed by atoms with van der Waals surface area (Å²) in [5.74, 6) is 0.859.